The van der Waals surface area contributed by atoms with Crippen molar-refractivity contribution < 1.29 is 17.6 Å². The van der Waals surface area contributed by atoms with Gasteiger partial charge in [0.05, 0.1) is 17.3 Å². The van der Waals surface area contributed by atoms with E-state index >= 15 is 0 Å². The monoisotopic (exact) mass is 343 g/mol. The van der Waals surface area contributed by atoms with Crippen molar-refractivity contribution in [3.8, 4) is 17.1 Å². The maximum absolute atomic E-state index is 14.2. The van der Waals surface area contributed by atoms with Gasteiger partial charge in [0, 0.05) is 5.56 Å². The van der Waals surface area contributed by atoms with Gasteiger partial charge in [0.1, 0.15) is 17.2 Å². The molecule has 4 nitrogen and oxygen atoms in total. The second-order valence-corrected chi connectivity index (χ2v) is 5.52. The van der Waals surface area contributed by atoms with Crippen LogP contribution in [0, 0.1) is 12.7 Å². The molecule has 4 aromatic rings. The second kappa shape index (κ2) is 5.77. The minimum Gasteiger partial charge on any atom is -0.463 e. The average Bonchev–Trinajstić information content (AvgIpc) is 3.23. The van der Waals surface area contributed by atoms with Gasteiger partial charge in [0.25, 0.3) is 6.43 Å². The van der Waals surface area contributed by atoms with Crippen LogP contribution in [0.2, 0.25) is 0 Å². The number of halogens is 3. The number of benzene rings is 1. The number of hydrogen-bond donors (Lipinski definition) is 0. The second-order valence-electron chi connectivity index (χ2n) is 5.52. The van der Waals surface area contributed by atoms with Crippen LogP contribution in [0.25, 0.3) is 28.2 Å². The molecule has 0 saturated carbocycles. The molecule has 126 valence electrons. The van der Waals surface area contributed by atoms with E-state index in [1.807, 2.05) is 0 Å². The lowest BCUT2D eigenvalue weighted by atomic mass is 10.1. The Morgan fingerprint density at radius 3 is 2.60 bits per heavy atom. The SMILES string of the molecule is Cc1nn(-c2ccccc2F)c2nc(-c3ccco3)cc(C(F)F)c12. The van der Waals surface area contributed by atoms with Crippen LogP contribution in [0.4, 0.5) is 13.2 Å². The summed E-state index contributed by atoms with van der Waals surface area (Å²) in [6.45, 7) is 1.60. The van der Waals surface area contributed by atoms with Crippen molar-refractivity contribution in [2.45, 2.75) is 13.3 Å². The molecule has 1 aromatic carbocycles. The molecule has 0 amide bonds. The van der Waals surface area contributed by atoms with Crippen LogP contribution in [0.3, 0.4) is 0 Å². The molecule has 0 atom stereocenters. The zero-order valence-electron chi connectivity index (χ0n) is 13.1. The number of aromatic nitrogens is 3. The maximum atomic E-state index is 14.2. The number of furan rings is 1. The van der Waals surface area contributed by atoms with E-state index in [-0.39, 0.29) is 28.0 Å². The number of aryl methyl sites for hydroxylation is 1. The standard InChI is InChI=1S/C18H12F3N3O/c1-10-16-11(17(20)21)9-13(15-7-4-8-25-15)22-18(16)24(23-10)14-6-3-2-5-12(14)19/h2-9,17H,1H3. The summed E-state index contributed by atoms with van der Waals surface area (Å²) in [4.78, 5) is 4.41. The third kappa shape index (κ3) is 2.48. The molecule has 0 radical (unpaired) electrons. The van der Waals surface area contributed by atoms with E-state index in [2.05, 4.69) is 10.1 Å². The number of para-hydroxylation sites is 1. The fourth-order valence-corrected chi connectivity index (χ4v) is 2.84. The van der Waals surface area contributed by atoms with Crippen LogP contribution >= 0.6 is 0 Å². The Morgan fingerprint density at radius 1 is 1.12 bits per heavy atom. The fourth-order valence-electron chi connectivity index (χ4n) is 2.84. The highest BCUT2D eigenvalue weighted by Gasteiger charge is 2.23. The highest BCUT2D eigenvalue weighted by atomic mass is 19.3. The molecule has 0 N–H and O–H groups in total. The summed E-state index contributed by atoms with van der Waals surface area (Å²) in [7, 11) is 0. The summed E-state index contributed by atoms with van der Waals surface area (Å²) >= 11 is 0. The van der Waals surface area contributed by atoms with Gasteiger partial charge in [-0.1, -0.05) is 12.1 Å². The lowest BCUT2D eigenvalue weighted by Crippen LogP contribution is -2.02. The average molecular weight is 343 g/mol. The van der Waals surface area contributed by atoms with Crippen LogP contribution in [0.1, 0.15) is 17.7 Å². The highest BCUT2D eigenvalue weighted by molar-refractivity contribution is 5.86. The van der Waals surface area contributed by atoms with E-state index in [9.17, 15) is 13.2 Å². The fraction of sp³-hybridized carbons (Fsp3) is 0.111. The predicted molar refractivity (Wildman–Crippen MR) is 86.2 cm³/mol. The largest absolute Gasteiger partial charge is 0.463 e. The first kappa shape index (κ1) is 15.4. The Hall–Kier alpha value is -3.09. The summed E-state index contributed by atoms with van der Waals surface area (Å²) in [6, 6.07) is 10.5. The Labute approximate surface area is 140 Å². The number of pyridine rings is 1. The van der Waals surface area contributed by atoms with Crippen molar-refractivity contribution in [1.29, 1.82) is 0 Å². The summed E-state index contributed by atoms with van der Waals surface area (Å²) in [5, 5.41) is 4.45. The van der Waals surface area contributed by atoms with Gasteiger partial charge in [-0.05, 0) is 37.3 Å². The lowest BCUT2D eigenvalue weighted by molar-refractivity contribution is 0.153. The molecule has 0 spiro atoms. The third-order valence-corrected chi connectivity index (χ3v) is 3.93. The first-order chi connectivity index (χ1) is 12.1. The van der Waals surface area contributed by atoms with Crippen LogP contribution in [-0.4, -0.2) is 14.8 Å². The van der Waals surface area contributed by atoms with Crippen molar-refractivity contribution in [3.05, 3.63) is 65.8 Å². The molecular formula is C18H12F3N3O. The highest BCUT2D eigenvalue weighted by Crippen LogP contribution is 2.34. The predicted octanol–water partition coefficient (Wildman–Crippen LogP) is 5.07. The normalized spacial score (nSPS) is 11.6. The van der Waals surface area contributed by atoms with Crippen LogP contribution in [0.5, 0.6) is 0 Å². The first-order valence-corrected chi connectivity index (χ1v) is 7.53. The Morgan fingerprint density at radius 2 is 1.92 bits per heavy atom. The molecule has 0 fully saturated rings. The zero-order chi connectivity index (χ0) is 17.6. The van der Waals surface area contributed by atoms with Gasteiger partial charge in [-0.3, -0.25) is 0 Å². The van der Waals surface area contributed by atoms with Crippen molar-refractivity contribution in [2.24, 2.45) is 0 Å². The molecule has 0 saturated heterocycles. The molecule has 25 heavy (non-hydrogen) atoms. The summed E-state index contributed by atoms with van der Waals surface area (Å²) in [5.41, 5.74) is 0.686. The summed E-state index contributed by atoms with van der Waals surface area (Å²) < 4.78 is 47.9. The Balaban J connectivity index is 2.08. The molecule has 0 aliphatic heterocycles. The van der Waals surface area contributed by atoms with Crippen molar-refractivity contribution in [3.63, 3.8) is 0 Å². The number of hydrogen-bond acceptors (Lipinski definition) is 3. The van der Waals surface area contributed by atoms with Gasteiger partial charge in [-0.15, -0.1) is 0 Å². The van der Waals surface area contributed by atoms with Crippen molar-refractivity contribution in [1.82, 2.24) is 14.8 Å². The topological polar surface area (TPSA) is 43.9 Å². The smallest absolute Gasteiger partial charge is 0.264 e. The Bertz CT molecular complexity index is 1060. The minimum absolute atomic E-state index is 0.143. The molecule has 0 unspecified atom stereocenters. The lowest BCUT2D eigenvalue weighted by Gasteiger charge is -2.08. The van der Waals surface area contributed by atoms with Crippen LogP contribution < -0.4 is 0 Å². The maximum Gasteiger partial charge on any atom is 0.264 e. The summed E-state index contributed by atoms with van der Waals surface area (Å²) in [5.74, 6) is -0.168. The zero-order valence-corrected chi connectivity index (χ0v) is 13.1. The van der Waals surface area contributed by atoms with Crippen molar-refractivity contribution >= 4 is 11.0 Å². The number of fused-ring (bicyclic) bond motifs is 1. The summed E-state index contributed by atoms with van der Waals surface area (Å²) in [6.07, 6.45) is -1.29. The van der Waals surface area contributed by atoms with Gasteiger partial charge >= 0.3 is 0 Å². The van der Waals surface area contributed by atoms with Gasteiger partial charge in [0.2, 0.25) is 0 Å². The van der Waals surface area contributed by atoms with E-state index in [0.717, 1.165) is 0 Å². The molecule has 7 heteroatoms. The van der Waals surface area contributed by atoms with Gasteiger partial charge < -0.3 is 4.42 Å². The number of alkyl halides is 2. The van der Waals surface area contributed by atoms with Crippen molar-refractivity contribution in [2.75, 3.05) is 0 Å². The third-order valence-electron chi connectivity index (χ3n) is 3.93. The van der Waals surface area contributed by atoms with Gasteiger partial charge in [-0.2, -0.15) is 5.10 Å². The quantitative estimate of drug-likeness (QED) is 0.522. The van der Waals surface area contributed by atoms with E-state index in [0.29, 0.717) is 11.5 Å². The molecule has 0 bridgehead atoms. The minimum atomic E-state index is -2.73. The Kier molecular flexibility index (Phi) is 3.56. The molecule has 0 aliphatic carbocycles. The first-order valence-electron chi connectivity index (χ1n) is 7.53. The van der Waals surface area contributed by atoms with E-state index < -0.39 is 12.2 Å². The van der Waals surface area contributed by atoms with Gasteiger partial charge in [0.15, 0.2) is 11.4 Å². The molecule has 3 heterocycles. The van der Waals surface area contributed by atoms with Crippen LogP contribution in [0.15, 0.2) is 53.1 Å². The molecule has 3 aromatic heterocycles. The van der Waals surface area contributed by atoms with E-state index in [4.69, 9.17) is 4.42 Å². The number of nitrogens with zero attached hydrogens (tertiary/aromatic N) is 3. The molecule has 0 aliphatic rings. The van der Waals surface area contributed by atoms with E-state index in [1.165, 1.54) is 29.1 Å². The van der Waals surface area contributed by atoms with Crippen LogP contribution in [-0.2, 0) is 0 Å². The number of rotatable bonds is 3. The van der Waals surface area contributed by atoms with E-state index in [1.54, 1.807) is 31.2 Å². The molecular weight excluding hydrogens is 331 g/mol. The molecule has 4 rings (SSSR count). The van der Waals surface area contributed by atoms with Gasteiger partial charge in [-0.25, -0.2) is 22.8 Å².